The normalized spacial score (nSPS) is 11.0. The average Bonchev–Trinajstić information content (AvgIpc) is 2.32. The lowest BCUT2D eigenvalue weighted by atomic mass is 10.2. The van der Waals surface area contributed by atoms with Crippen LogP contribution in [0.4, 0.5) is 0 Å². The Kier molecular flexibility index (Phi) is 3.04. The molecule has 0 aliphatic carbocycles. The van der Waals surface area contributed by atoms with Crippen molar-refractivity contribution in [1.29, 1.82) is 0 Å². The molecule has 0 saturated heterocycles. The van der Waals surface area contributed by atoms with E-state index in [4.69, 9.17) is 17.3 Å². The van der Waals surface area contributed by atoms with Crippen LogP contribution >= 0.6 is 11.6 Å². The van der Waals surface area contributed by atoms with Crippen LogP contribution in [-0.2, 0) is 13.6 Å². The Hall–Kier alpha value is -1.59. The van der Waals surface area contributed by atoms with E-state index in [0.717, 1.165) is 4.57 Å². The third kappa shape index (κ3) is 1.87. The first kappa shape index (κ1) is 11.9. The van der Waals surface area contributed by atoms with Crippen molar-refractivity contribution in [2.45, 2.75) is 6.54 Å². The third-order valence-corrected chi connectivity index (χ3v) is 2.90. The fraction of sp³-hybridized carbons (Fsp3) is 0.273. The number of aryl methyl sites for hydroxylation is 1. The molecule has 90 valence electrons. The number of fused-ring (bicyclic) bond motifs is 1. The van der Waals surface area contributed by atoms with Gasteiger partial charge in [0.15, 0.2) is 0 Å². The van der Waals surface area contributed by atoms with Gasteiger partial charge in [-0.1, -0.05) is 11.6 Å². The third-order valence-electron chi connectivity index (χ3n) is 2.67. The predicted octanol–water partition coefficient (Wildman–Crippen LogP) is 0.312. The summed E-state index contributed by atoms with van der Waals surface area (Å²) in [5.41, 5.74) is 5.21. The van der Waals surface area contributed by atoms with Gasteiger partial charge in [-0.3, -0.25) is 13.9 Å². The first-order valence-corrected chi connectivity index (χ1v) is 5.53. The maximum atomic E-state index is 12.1. The summed E-state index contributed by atoms with van der Waals surface area (Å²) in [6.45, 7) is 0.457. The van der Waals surface area contributed by atoms with Crippen molar-refractivity contribution in [3.8, 4) is 0 Å². The Morgan fingerprint density at radius 2 is 2.06 bits per heavy atom. The molecular formula is C11H12ClN3O2. The number of nitrogens with two attached hydrogens (primary N) is 1. The standard InChI is InChI=1S/C11H12ClN3O2/c1-14-9-6-7(12)2-3-8(9)10(16)15(5-4-13)11(14)17/h2-3,6H,4-5,13H2,1H3. The van der Waals surface area contributed by atoms with Gasteiger partial charge in [-0.25, -0.2) is 4.79 Å². The van der Waals surface area contributed by atoms with Crippen molar-refractivity contribution < 1.29 is 0 Å². The molecule has 0 atom stereocenters. The second-order valence-electron chi connectivity index (χ2n) is 3.75. The molecule has 0 aliphatic heterocycles. The smallest absolute Gasteiger partial charge is 0.329 e. The van der Waals surface area contributed by atoms with Crippen molar-refractivity contribution in [2.24, 2.45) is 12.8 Å². The van der Waals surface area contributed by atoms with Crippen LogP contribution in [-0.4, -0.2) is 15.7 Å². The molecule has 1 heterocycles. The van der Waals surface area contributed by atoms with Crippen LogP contribution in [0.2, 0.25) is 5.02 Å². The highest BCUT2D eigenvalue weighted by molar-refractivity contribution is 6.31. The van der Waals surface area contributed by atoms with Crippen molar-refractivity contribution in [3.05, 3.63) is 44.1 Å². The number of benzene rings is 1. The Morgan fingerprint density at radius 1 is 1.35 bits per heavy atom. The van der Waals surface area contributed by atoms with Gasteiger partial charge in [0, 0.05) is 25.2 Å². The summed E-state index contributed by atoms with van der Waals surface area (Å²) in [4.78, 5) is 24.0. The molecule has 5 nitrogen and oxygen atoms in total. The van der Waals surface area contributed by atoms with E-state index in [1.54, 1.807) is 25.2 Å². The summed E-state index contributed by atoms with van der Waals surface area (Å²) in [7, 11) is 1.60. The minimum Gasteiger partial charge on any atom is -0.329 e. The molecule has 17 heavy (non-hydrogen) atoms. The molecule has 1 aromatic carbocycles. The Balaban J connectivity index is 2.95. The van der Waals surface area contributed by atoms with Crippen molar-refractivity contribution in [3.63, 3.8) is 0 Å². The minimum absolute atomic E-state index is 0.212. The molecule has 0 amide bonds. The van der Waals surface area contributed by atoms with Gasteiger partial charge in [-0.05, 0) is 18.2 Å². The quantitative estimate of drug-likeness (QED) is 0.838. The summed E-state index contributed by atoms with van der Waals surface area (Å²) in [5.74, 6) is 0. The zero-order chi connectivity index (χ0) is 12.6. The van der Waals surface area contributed by atoms with Crippen LogP contribution in [0.3, 0.4) is 0 Å². The van der Waals surface area contributed by atoms with Gasteiger partial charge in [0.05, 0.1) is 10.9 Å². The van der Waals surface area contributed by atoms with Gasteiger partial charge in [0.25, 0.3) is 5.56 Å². The maximum absolute atomic E-state index is 12.1. The van der Waals surface area contributed by atoms with Gasteiger partial charge in [0.2, 0.25) is 0 Å². The van der Waals surface area contributed by atoms with Crippen LogP contribution < -0.4 is 17.0 Å². The minimum atomic E-state index is -0.379. The van der Waals surface area contributed by atoms with Gasteiger partial charge in [-0.15, -0.1) is 0 Å². The van der Waals surface area contributed by atoms with Crippen LogP contribution in [0.5, 0.6) is 0 Å². The van der Waals surface area contributed by atoms with Gasteiger partial charge in [-0.2, -0.15) is 0 Å². The summed E-state index contributed by atoms with van der Waals surface area (Å²) >= 11 is 5.85. The highest BCUT2D eigenvalue weighted by Gasteiger charge is 2.10. The number of nitrogens with zero attached hydrogens (tertiary/aromatic N) is 2. The van der Waals surface area contributed by atoms with E-state index in [1.165, 1.54) is 4.57 Å². The van der Waals surface area contributed by atoms with Crippen molar-refractivity contribution in [1.82, 2.24) is 9.13 Å². The SMILES string of the molecule is Cn1c(=O)n(CCN)c(=O)c2ccc(Cl)cc21. The molecule has 6 heteroatoms. The molecule has 2 rings (SSSR count). The number of rotatable bonds is 2. The highest BCUT2D eigenvalue weighted by atomic mass is 35.5. The zero-order valence-corrected chi connectivity index (χ0v) is 10.1. The lowest BCUT2D eigenvalue weighted by Gasteiger charge is -2.09. The molecule has 0 spiro atoms. The molecule has 0 saturated carbocycles. The fourth-order valence-corrected chi connectivity index (χ4v) is 1.97. The summed E-state index contributed by atoms with van der Waals surface area (Å²) in [5, 5.41) is 0.952. The first-order chi connectivity index (χ1) is 8.06. The summed E-state index contributed by atoms with van der Waals surface area (Å²) in [6, 6.07) is 4.85. The number of hydrogen-bond acceptors (Lipinski definition) is 3. The lowest BCUT2D eigenvalue weighted by Crippen LogP contribution is -2.40. The Bertz CT molecular complexity index is 687. The second kappa shape index (κ2) is 4.35. The molecular weight excluding hydrogens is 242 g/mol. The number of aromatic nitrogens is 2. The molecule has 0 unspecified atom stereocenters. The van der Waals surface area contributed by atoms with E-state index in [0.29, 0.717) is 15.9 Å². The molecule has 0 bridgehead atoms. The van der Waals surface area contributed by atoms with Crippen LogP contribution in [0.1, 0.15) is 0 Å². The average molecular weight is 254 g/mol. The highest BCUT2D eigenvalue weighted by Crippen LogP contribution is 2.14. The van der Waals surface area contributed by atoms with E-state index < -0.39 is 0 Å². The monoisotopic (exact) mass is 253 g/mol. The molecule has 0 radical (unpaired) electrons. The summed E-state index contributed by atoms with van der Waals surface area (Å²) in [6.07, 6.45) is 0. The largest absolute Gasteiger partial charge is 0.331 e. The summed E-state index contributed by atoms with van der Waals surface area (Å²) < 4.78 is 2.54. The Morgan fingerprint density at radius 3 is 2.71 bits per heavy atom. The number of halogens is 1. The topological polar surface area (TPSA) is 70.0 Å². The Labute approximate surface area is 102 Å². The van der Waals surface area contributed by atoms with Gasteiger partial charge >= 0.3 is 5.69 Å². The first-order valence-electron chi connectivity index (χ1n) is 5.15. The molecule has 2 aromatic rings. The van der Waals surface area contributed by atoms with E-state index in [2.05, 4.69) is 0 Å². The van der Waals surface area contributed by atoms with E-state index >= 15 is 0 Å². The van der Waals surface area contributed by atoms with Crippen molar-refractivity contribution in [2.75, 3.05) is 6.54 Å². The molecule has 1 aromatic heterocycles. The van der Waals surface area contributed by atoms with Gasteiger partial charge in [0.1, 0.15) is 0 Å². The number of hydrogen-bond donors (Lipinski definition) is 1. The molecule has 0 fully saturated rings. The van der Waals surface area contributed by atoms with E-state index in [1.807, 2.05) is 0 Å². The predicted molar refractivity (Wildman–Crippen MR) is 67.5 cm³/mol. The zero-order valence-electron chi connectivity index (χ0n) is 9.31. The second-order valence-corrected chi connectivity index (χ2v) is 4.18. The fourth-order valence-electron chi connectivity index (χ4n) is 1.81. The van der Waals surface area contributed by atoms with Crippen LogP contribution in [0.25, 0.3) is 10.9 Å². The maximum Gasteiger partial charge on any atom is 0.331 e. The van der Waals surface area contributed by atoms with Crippen LogP contribution in [0, 0.1) is 0 Å². The molecule has 2 N–H and O–H groups in total. The van der Waals surface area contributed by atoms with Gasteiger partial charge < -0.3 is 5.73 Å². The van der Waals surface area contributed by atoms with E-state index in [9.17, 15) is 9.59 Å². The van der Waals surface area contributed by atoms with Crippen molar-refractivity contribution >= 4 is 22.5 Å². The lowest BCUT2D eigenvalue weighted by molar-refractivity contribution is 0.613. The van der Waals surface area contributed by atoms with E-state index in [-0.39, 0.29) is 24.3 Å². The molecule has 0 aliphatic rings. The van der Waals surface area contributed by atoms with Crippen LogP contribution in [0.15, 0.2) is 27.8 Å².